The Hall–Kier alpha value is -2.29. The van der Waals surface area contributed by atoms with Crippen LogP contribution in [0.1, 0.15) is 15.9 Å². The summed E-state index contributed by atoms with van der Waals surface area (Å²) in [5.74, 6) is -0.0812. The van der Waals surface area contributed by atoms with Gasteiger partial charge in [0.15, 0.2) is 0 Å². The van der Waals surface area contributed by atoms with Crippen molar-refractivity contribution in [2.75, 3.05) is 25.5 Å². The number of sulfonamides is 1. The molecular weight excluding hydrogens is 370 g/mol. The molecular formula is C18H17N3O3S2. The molecule has 0 radical (unpaired) electrons. The summed E-state index contributed by atoms with van der Waals surface area (Å²) in [5.41, 5.74) is 4.90. The highest BCUT2D eigenvalue weighted by Crippen LogP contribution is 2.32. The molecule has 0 atom stereocenters. The van der Waals surface area contributed by atoms with Gasteiger partial charge in [-0.05, 0) is 48.4 Å². The van der Waals surface area contributed by atoms with Gasteiger partial charge < -0.3 is 4.90 Å². The maximum atomic E-state index is 12.9. The quantitative estimate of drug-likeness (QED) is 0.693. The molecule has 0 saturated carbocycles. The van der Waals surface area contributed by atoms with E-state index in [-0.39, 0.29) is 10.8 Å². The van der Waals surface area contributed by atoms with Gasteiger partial charge >= 0.3 is 0 Å². The normalized spacial score (nSPS) is 14.2. The summed E-state index contributed by atoms with van der Waals surface area (Å²) in [7, 11) is -0.466. The predicted molar refractivity (Wildman–Crippen MR) is 102 cm³/mol. The van der Waals surface area contributed by atoms with Crippen molar-refractivity contribution in [2.24, 2.45) is 0 Å². The Kier molecular flexibility index (Phi) is 4.06. The van der Waals surface area contributed by atoms with Crippen LogP contribution in [-0.2, 0) is 16.4 Å². The Morgan fingerprint density at radius 2 is 2.00 bits per heavy atom. The highest BCUT2D eigenvalue weighted by molar-refractivity contribution is 7.89. The van der Waals surface area contributed by atoms with Crippen molar-refractivity contribution in [1.29, 1.82) is 0 Å². The molecule has 0 spiro atoms. The number of anilines is 1. The molecule has 2 aromatic carbocycles. The number of amides is 1. The Labute approximate surface area is 155 Å². The lowest BCUT2D eigenvalue weighted by Crippen LogP contribution is -2.28. The van der Waals surface area contributed by atoms with Gasteiger partial charge in [0, 0.05) is 31.9 Å². The van der Waals surface area contributed by atoms with Crippen LogP contribution in [0.2, 0.25) is 0 Å². The Bertz CT molecular complexity index is 1120. The highest BCUT2D eigenvalue weighted by Gasteiger charge is 2.28. The van der Waals surface area contributed by atoms with E-state index in [0.717, 1.165) is 21.5 Å². The second-order valence-electron chi connectivity index (χ2n) is 6.32. The molecule has 4 rings (SSSR count). The summed E-state index contributed by atoms with van der Waals surface area (Å²) in [4.78, 5) is 19.1. The van der Waals surface area contributed by atoms with Gasteiger partial charge in [0.05, 0.1) is 20.6 Å². The number of benzene rings is 2. The number of carbonyl (C=O) groups is 1. The summed E-state index contributed by atoms with van der Waals surface area (Å²) in [5, 5.41) is 0. The van der Waals surface area contributed by atoms with E-state index in [2.05, 4.69) is 4.98 Å². The standard InChI is InChI=1S/C18H17N3O3S2/c1-20(2)26(23,24)14-4-6-16-12(9-14)7-8-21(16)18(22)13-3-5-15-17(10-13)25-11-19-15/h3-6,9-11H,7-8H2,1-2H3. The third-order valence-corrected chi connectivity index (χ3v) is 7.15. The van der Waals surface area contributed by atoms with Gasteiger partial charge in [-0.1, -0.05) is 0 Å². The average Bonchev–Trinajstić information content (AvgIpc) is 3.26. The molecule has 1 amide bonds. The van der Waals surface area contributed by atoms with Crippen molar-refractivity contribution < 1.29 is 13.2 Å². The van der Waals surface area contributed by atoms with Gasteiger partial charge in [0.25, 0.3) is 5.91 Å². The van der Waals surface area contributed by atoms with Crippen molar-refractivity contribution in [3.8, 4) is 0 Å². The molecule has 1 aliphatic heterocycles. The van der Waals surface area contributed by atoms with Gasteiger partial charge in [-0.3, -0.25) is 4.79 Å². The molecule has 0 aliphatic carbocycles. The van der Waals surface area contributed by atoms with E-state index in [4.69, 9.17) is 0 Å². The first-order chi connectivity index (χ1) is 12.4. The third-order valence-electron chi connectivity index (χ3n) is 4.55. The van der Waals surface area contributed by atoms with Crippen LogP contribution in [0, 0.1) is 0 Å². The summed E-state index contributed by atoms with van der Waals surface area (Å²) in [6.45, 7) is 0.542. The van der Waals surface area contributed by atoms with Crippen molar-refractivity contribution in [2.45, 2.75) is 11.3 Å². The number of fused-ring (bicyclic) bond motifs is 2. The first-order valence-electron chi connectivity index (χ1n) is 8.08. The van der Waals surface area contributed by atoms with Gasteiger partial charge in [-0.2, -0.15) is 0 Å². The van der Waals surface area contributed by atoms with Crippen molar-refractivity contribution in [3.05, 3.63) is 53.0 Å². The number of thiazole rings is 1. The highest BCUT2D eigenvalue weighted by atomic mass is 32.2. The lowest BCUT2D eigenvalue weighted by Gasteiger charge is -2.18. The van der Waals surface area contributed by atoms with Crippen molar-refractivity contribution in [1.82, 2.24) is 9.29 Å². The van der Waals surface area contributed by atoms with Crippen LogP contribution in [-0.4, -0.2) is 44.3 Å². The summed E-state index contributed by atoms with van der Waals surface area (Å²) in [6.07, 6.45) is 0.640. The molecule has 0 bridgehead atoms. The molecule has 0 saturated heterocycles. The molecule has 0 unspecified atom stereocenters. The molecule has 0 N–H and O–H groups in total. The number of hydrogen-bond donors (Lipinski definition) is 0. The Balaban J connectivity index is 1.68. The molecule has 6 nitrogen and oxygen atoms in total. The zero-order valence-electron chi connectivity index (χ0n) is 14.3. The van der Waals surface area contributed by atoms with Crippen molar-refractivity contribution >= 4 is 43.2 Å². The predicted octanol–water partition coefficient (Wildman–Crippen LogP) is 2.75. The van der Waals surface area contributed by atoms with E-state index >= 15 is 0 Å². The first-order valence-corrected chi connectivity index (χ1v) is 10.4. The van der Waals surface area contributed by atoms with Crippen LogP contribution < -0.4 is 4.90 Å². The molecule has 3 aromatic rings. The molecule has 1 aromatic heterocycles. The molecule has 134 valence electrons. The lowest BCUT2D eigenvalue weighted by molar-refractivity contribution is 0.0989. The largest absolute Gasteiger partial charge is 0.308 e. The van der Waals surface area contributed by atoms with E-state index < -0.39 is 10.0 Å². The first kappa shape index (κ1) is 17.1. The maximum absolute atomic E-state index is 12.9. The summed E-state index contributed by atoms with van der Waals surface area (Å²) < 4.78 is 26.8. The molecule has 2 heterocycles. The fourth-order valence-corrected chi connectivity index (χ4v) is 4.77. The number of carbonyl (C=O) groups excluding carboxylic acids is 1. The maximum Gasteiger partial charge on any atom is 0.258 e. The molecule has 0 fully saturated rings. The minimum Gasteiger partial charge on any atom is -0.308 e. The van der Waals surface area contributed by atoms with Gasteiger partial charge in [0.2, 0.25) is 10.0 Å². The number of nitrogens with zero attached hydrogens (tertiary/aromatic N) is 3. The van der Waals surface area contributed by atoms with E-state index in [1.54, 1.807) is 34.7 Å². The zero-order valence-corrected chi connectivity index (χ0v) is 16.0. The molecule has 1 aliphatic rings. The van der Waals surface area contributed by atoms with E-state index in [1.165, 1.54) is 29.7 Å². The van der Waals surface area contributed by atoms with Crippen LogP contribution in [0.5, 0.6) is 0 Å². The minimum absolute atomic E-state index is 0.0812. The smallest absolute Gasteiger partial charge is 0.258 e. The van der Waals surface area contributed by atoms with Gasteiger partial charge in [-0.15, -0.1) is 11.3 Å². The lowest BCUT2D eigenvalue weighted by atomic mass is 10.1. The fraction of sp³-hybridized carbons (Fsp3) is 0.222. The monoisotopic (exact) mass is 387 g/mol. The van der Waals surface area contributed by atoms with Crippen LogP contribution in [0.25, 0.3) is 10.2 Å². The second kappa shape index (κ2) is 6.15. The second-order valence-corrected chi connectivity index (χ2v) is 9.36. The van der Waals surface area contributed by atoms with Gasteiger partial charge in [0.1, 0.15) is 0 Å². The number of rotatable bonds is 3. The molecule has 26 heavy (non-hydrogen) atoms. The topological polar surface area (TPSA) is 70.6 Å². The molecule has 8 heteroatoms. The summed E-state index contributed by atoms with van der Waals surface area (Å²) >= 11 is 1.50. The third kappa shape index (κ3) is 2.70. The Morgan fingerprint density at radius 3 is 2.77 bits per heavy atom. The van der Waals surface area contributed by atoms with E-state index in [1.807, 2.05) is 12.1 Å². The van der Waals surface area contributed by atoms with Crippen LogP contribution >= 0.6 is 11.3 Å². The fourth-order valence-electron chi connectivity index (χ4n) is 3.10. The van der Waals surface area contributed by atoms with Gasteiger partial charge in [-0.25, -0.2) is 17.7 Å². The number of aromatic nitrogens is 1. The average molecular weight is 387 g/mol. The van der Waals surface area contributed by atoms with Crippen LogP contribution in [0.4, 0.5) is 5.69 Å². The SMILES string of the molecule is CN(C)S(=O)(=O)c1ccc2c(c1)CCN2C(=O)c1ccc2ncsc2c1. The van der Waals surface area contributed by atoms with E-state index in [0.29, 0.717) is 18.5 Å². The summed E-state index contributed by atoms with van der Waals surface area (Å²) in [6, 6.07) is 10.5. The van der Waals surface area contributed by atoms with Crippen molar-refractivity contribution in [3.63, 3.8) is 0 Å². The zero-order chi connectivity index (χ0) is 18.5. The number of hydrogen-bond acceptors (Lipinski definition) is 5. The Morgan fingerprint density at radius 1 is 1.19 bits per heavy atom. The minimum atomic E-state index is -3.48. The van der Waals surface area contributed by atoms with E-state index in [9.17, 15) is 13.2 Å². The van der Waals surface area contributed by atoms with Crippen LogP contribution in [0.15, 0.2) is 46.8 Å². The van der Waals surface area contributed by atoms with Crippen LogP contribution in [0.3, 0.4) is 0 Å².